The van der Waals surface area contributed by atoms with Gasteiger partial charge in [0.2, 0.25) is 0 Å². The number of hydrogen-bond acceptors (Lipinski definition) is 3. The summed E-state index contributed by atoms with van der Waals surface area (Å²) >= 11 is 0. The van der Waals surface area contributed by atoms with Crippen LogP contribution in [-0.2, 0) is 6.54 Å². The van der Waals surface area contributed by atoms with E-state index < -0.39 is 0 Å². The van der Waals surface area contributed by atoms with Crippen LogP contribution in [0, 0.1) is 0 Å². The molecule has 0 aliphatic rings. The first kappa shape index (κ1) is 14.6. The number of azide groups is 1. The van der Waals surface area contributed by atoms with Crippen molar-refractivity contribution in [3.8, 4) is 0 Å². The first-order chi connectivity index (χ1) is 11.3. The van der Waals surface area contributed by atoms with Gasteiger partial charge >= 0.3 is 0 Å². The van der Waals surface area contributed by atoms with Gasteiger partial charge in [-0.2, -0.15) is 0 Å². The van der Waals surface area contributed by atoms with Gasteiger partial charge in [0.1, 0.15) is 5.82 Å². The van der Waals surface area contributed by atoms with Gasteiger partial charge < -0.3 is 9.88 Å². The van der Waals surface area contributed by atoms with E-state index in [9.17, 15) is 4.79 Å². The second kappa shape index (κ2) is 6.64. The summed E-state index contributed by atoms with van der Waals surface area (Å²) < 4.78 is 2.10. The van der Waals surface area contributed by atoms with Crippen LogP contribution in [-0.4, -0.2) is 22.0 Å². The molecular formula is C16H14N6O. The molecule has 0 atom stereocenters. The number of fused-ring (bicyclic) bond motifs is 1. The van der Waals surface area contributed by atoms with Crippen molar-refractivity contribution in [1.82, 2.24) is 14.9 Å². The quantitative estimate of drug-likeness (QED) is 0.444. The number of carbonyl (C=O) groups excluding carboxylic acids is 1. The van der Waals surface area contributed by atoms with Gasteiger partial charge in [0.25, 0.3) is 5.91 Å². The molecule has 7 nitrogen and oxygen atoms in total. The predicted molar refractivity (Wildman–Crippen MR) is 87.3 cm³/mol. The van der Waals surface area contributed by atoms with Crippen LogP contribution in [0.15, 0.2) is 60.0 Å². The number of pyridine rings is 1. The summed E-state index contributed by atoms with van der Waals surface area (Å²) in [4.78, 5) is 18.6. The van der Waals surface area contributed by atoms with Crippen molar-refractivity contribution < 1.29 is 4.79 Å². The van der Waals surface area contributed by atoms with E-state index in [0.717, 1.165) is 5.52 Å². The summed E-state index contributed by atoms with van der Waals surface area (Å²) in [6.45, 7) is 1.19. The topological polar surface area (TPSA) is 95.7 Å². The Morgan fingerprint density at radius 2 is 2.13 bits per heavy atom. The zero-order valence-electron chi connectivity index (χ0n) is 12.3. The fourth-order valence-corrected chi connectivity index (χ4v) is 2.35. The minimum Gasteiger partial charge on any atom is -0.350 e. The van der Waals surface area contributed by atoms with E-state index in [2.05, 4.69) is 43.1 Å². The molecule has 23 heavy (non-hydrogen) atoms. The van der Waals surface area contributed by atoms with Crippen molar-refractivity contribution in [2.75, 3.05) is 6.54 Å². The zero-order valence-corrected chi connectivity index (χ0v) is 12.3. The highest BCUT2D eigenvalue weighted by atomic mass is 16.1. The van der Waals surface area contributed by atoms with Crippen molar-refractivity contribution in [3.05, 3.63) is 70.9 Å². The highest BCUT2D eigenvalue weighted by Crippen LogP contribution is 2.14. The number of nitrogens with zero attached hydrogens (tertiary/aromatic N) is 5. The maximum Gasteiger partial charge on any atom is 0.252 e. The summed E-state index contributed by atoms with van der Waals surface area (Å²) in [5.74, 6) is 0.0318. The smallest absolute Gasteiger partial charge is 0.252 e. The number of hydrogen-bond donors (Lipinski definition) is 1. The monoisotopic (exact) mass is 306 g/mol. The lowest BCUT2D eigenvalue weighted by Gasteiger charge is -2.07. The highest BCUT2D eigenvalue weighted by molar-refractivity contribution is 5.94. The minimum absolute atomic E-state index is 0.207. The van der Waals surface area contributed by atoms with Crippen LogP contribution in [0.5, 0.6) is 0 Å². The molecule has 0 aliphatic carbocycles. The summed E-state index contributed by atoms with van der Waals surface area (Å²) in [7, 11) is 0. The van der Waals surface area contributed by atoms with Gasteiger partial charge in [-0.3, -0.25) is 9.78 Å². The molecule has 1 aromatic carbocycles. The van der Waals surface area contributed by atoms with Crippen LogP contribution in [0.1, 0.15) is 10.4 Å². The van der Waals surface area contributed by atoms with Gasteiger partial charge in [0.05, 0.1) is 5.56 Å². The molecule has 2 aromatic heterocycles. The van der Waals surface area contributed by atoms with E-state index in [4.69, 9.17) is 5.53 Å². The Morgan fingerprint density at radius 1 is 1.26 bits per heavy atom. The van der Waals surface area contributed by atoms with Crippen LogP contribution in [0.4, 0.5) is 5.82 Å². The molecule has 0 saturated heterocycles. The SMILES string of the molecule is [N-]=[N+]=Nc1ccc(C(=O)NCCn2ccc3ccccc32)cn1. The zero-order chi connectivity index (χ0) is 16.1. The standard InChI is InChI=1S/C16H14N6O/c17-21-20-15-6-5-13(11-19-15)16(23)18-8-10-22-9-7-12-3-1-2-4-14(12)22/h1-7,9,11H,8,10H2,(H,18,23). The molecule has 0 unspecified atom stereocenters. The lowest BCUT2D eigenvalue weighted by Crippen LogP contribution is -2.27. The average Bonchev–Trinajstić information content (AvgIpc) is 2.99. The average molecular weight is 306 g/mol. The molecule has 114 valence electrons. The fraction of sp³-hybridized carbons (Fsp3) is 0.125. The first-order valence-electron chi connectivity index (χ1n) is 7.11. The number of para-hydroxylation sites is 1. The predicted octanol–water partition coefficient (Wildman–Crippen LogP) is 3.41. The Kier molecular flexibility index (Phi) is 4.22. The van der Waals surface area contributed by atoms with E-state index in [-0.39, 0.29) is 11.7 Å². The molecule has 0 bridgehead atoms. The maximum atomic E-state index is 12.0. The lowest BCUT2D eigenvalue weighted by molar-refractivity contribution is 0.0952. The van der Waals surface area contributed by atoms with E-state index in [0.29, 0.717) is 18.7 Å². The van der Waals surface area contributed by atoms with Crippen LogP contribution in [0.25, 0.3) is 21.3 Å². The van der Waals surface area contributed by atoms with Gasteiger partial charge in [-0.1, -0.05) is 18.2 Å². The van der Waals surface area contributed by atoms with Crippen LogP contribution < -0.4 is 5.32 Å². The molecule has 0 radical (unpaired) electrons. The minimum atomic E-state index is -0.207. The summed E-state index contributed by atoms with van der Waals surface area (Å²) in [5, 5.41) is 7.39. The third-order valence-corrected chi connectivity index (χ3v) is 3.48. The largest absolute Gasteiger partial charge is 0.350 e. The molecule has 2 heterocycles. The Bertz CT molecular complexity index is 877. The molecule has 3 aromatic rings. The molecule has 7 heteroatoms. The third kappa shape index (κ3) is 3.30. The third-order valence-electron chi connectivity index (χ3n) is 3.48. The second-order valence-electron chi connectivity index (χ2n) is 4.92. The molecule has 0 fully saturated rings. The molecule has 0 aliphatic heterocycles. The van der Waals surface area contributed by atoms with E-state index in [1.165, 1.54) is 17.6 Å². The molecular weight excluding hydrogens is 292 g/mol. The number of rotatable bonds is 5. The number of amides is 1. The lowest BCUT2D eigenvalue weighted by atomic mass is 10.2. The number of nitrogens with one attached hydrogen (secondary N) is 1. The van der Waals surface area contributed by atoms with Crippen LogP contribution in [0.2, 0.25) is 0 Å². The maximum absolute atomic E-state index is 12.0. The Balaban J connectivity index is 1.59. The summed E-state index contributed by atoms with van der Waals surface area (Å²) in [6.07, 6.45) is 3.40. The molecule has 3 rings (SSSR count). The molecule has 1 N–H and O–H groups in total. The molecule has 0 saturated carbocycles. The van der Waals surface area contributed by atoms with Gasteiger partial charge in [-0.15, -0.1) is 0 Å². The van der Waals surface area contributed by atoms with Crippen molar-refractivity contribution in [1.29, 1.82) is 0 Å². The van der Waals surface area contributed by atoms with Crippen molar-refractivity contribution in [2.24, 2.45) is 5.11 Å². The van der Waals surface area contributed by atoms with Crippen LogP contribution in [0.3, 0.4) is 0 Å². The highest BCUT2D eigenvalue weighted by Gasteiger charge is 2.06. The van der Waals surface area contributed by atoms with E-state index >= 15 is 0 Å². The number of aromatic nitrogens is 2. The second-order valence-corrected chi connectivity index (χ2v) is 4.92. The summed E-state index contributed by atoms with van der Waals surface area (Å²) in [6, 6.07) is 13.2. The van der Waals surface area contributed by atoms with Gasteiger partial charge in [-0.05, 0) is 40.3 Å². The first-order valence-corrected chi connectivity index (χ1v) is 7.11. The van der Waals surface area contributed by atoms with Crippen molar-refractivity contribution >= 4 is 22.6 Å². The number of benzene rings is 1. The Labute approximate surface area is 132 Å². The van der Waals surface area contributed by atoms with Crippen molar-refractivity contribution in [3.63, 3.8) is 0 Å². The van der Waals surface area contributed by atoms with Crippen LogP contribution >= 0.6 is 0 Å². The molecule has 0 spiro atoms. The Hall–Kier alpha value is -3.31. The van der Waals surface area contributed by atoms with Gasteiger partial charge in [0, 0.05) is 35.9 Å². The Morgan fingerprint density at radius 3 is 2.91 bits per heavy atom. The van der Waals surface area contributed by atoms with Crippen molar-refractivity contribution in [2.45, 2.75) is 6.54 Å². The van der Waals surface area contributed by atoms with E-state index in [1.807, 2.05) is 18.3 Å². The van der Waals surface area contributed by atoms with Gasteiger partial charge in [0.15, 0.2) is 0 Å². The summed E-state index contributed by atoms with van der Waals surface area (Å²) in [5.41, 5.74) is 9.89. The normalized spacial score (nSPS) is 10.3. The number of carbonyl (C=O) groups is 1. The van der Waals surface area contributed by atoms with Gasteiger partial charge in [-0.25, -0.2) is 0 Å². The fourth-order valence-electron chi connectivity index (χ4n) is 2.35. The molecule has 1 amide bonds. The van der Waals surface area contributed by atoms with E-state index in [1.54, 1.807) is 6.07 Å².